The molecule has 0 aliphatic carbocycles. The molecular formula is C41H24N2O2. The summed E-state index contributed by atoms with van der Waals surface area (Å²) < 4.78 is 13.1. The Morgan fingerprint density at radius 2 is 1.00 bits per heavy atom. The Kier molecular flexibility index (Phi) is 5.53. The van der Waals surface area contributed by atoms with Gasteiger partial charge in [0, 0.05) is 27.2 Å². The lowest BCUT2D eigenvalue weighted by atomic mass is 9.99. The number of nitriles is 1. The van der Waals surface area contributed by atoms with E-state index in [1.165, 1.54) is 0 Å². The Hall–Kier alpha value is -6.31. The van der Waals surface area contributed by atoms with E-state index < -0.39 is 0 Å². The molecule has 2 aromatic heterocycles. The van der Waals surface area contributed by atoms with Gasteiger partial charge in [0.25, 0.3) is 0 Å². The number of hydrogen-bond acceptors (Lipinski definition) is 4. The van der Waals surface area contributed by atoms with Crippen molar-refractivity contribution in [2.75, 3.05) is 4.90 Å². The molecule has 0 amide bonds. The van der Waals surface area contributed by atoms with Crippen molar-refractivity contribution in [2.45, 2.75) is 0 Å². The molecule has 0 saturated heterocycles. The first kappa shape index (κ1) is 25.2. The molecule has 4 heteroatoms. The lowest BCUT2D eigenvalue weighted by molar-refractivity contribution is 0.666. The normalized spacial score (nSPS) is 11.5. The van der Waals surface area contributed by atoms with Crippen LogP contribution in [0.15, 0.2) is 154 Å². The van der Waals surface area contributed by atoms with Gasteiger partial charge in [-0.2, -0.15) is 5.26 Å². The van der Waals surface area contributed by atoms with Crippen LogP contribution in [0.5, 0.6) is 0 Å². The third-order valence-electron chi connectivity index (χ3n) is 8.68. The minimum Gasteiger partial charge on any atom is -0.454 e. The van der Waals surface area contributed by atoms with Gasteiger partial charge in [-0.25, -0.2) is 0 Å². The molecule has 4 nitrogen and oxygen atoms in total. The van der Waals surface area contributed by atoms with Gasteiger partial charge in [-0.15, -0.1) is 0 Å². The van der Waals surface area contributed by atoms with E-state index in [0.29, 0.717) is 5.56 Å². The molecule has 0 radical (unpaired) electrons. The minimum absolute atomic E-state index is 0.665. The quantitative estimate of drug-likeness (QED) is 0.209. The van der Waals surface area contributed by atoms with E-state index in [9.17, 15) is 5.26 Å². The number of benzene rings is 7. The maximum Gasteiger partial charge on any atom is 0.159 e. The van der Waals surface area contributed by atoms with Crippen LogP contribution >= 0.6 is 0 Å². The molecule has 0 aliphatic rings. The van der Waals surface area contributed by atoms with Gasteiger partial charge in [-0.1, -0.05) is 91.0 Å². The Morgan fingerprint density at radius 1 is 0.467 bits per heavy atom. The maximum absolute atomic E-state index is 9.29. The first-order valence-electron chi connectivity index (χ1n) is 14.9. The second-order valence-electron chi connectivity index (χ2n) is 11.3. The van der Waals surface area contributed by atoms with Crippen LogP contribution in [-0.2, 0) is 0 Å². The predicted molar refractivity (Wildman–Crippen MR) is 183 cm³/mol. The molecule has 0 unspecified atom stereocenters. The Bertz CT molecular complexity index is 2510. The van der Waals surface area contributed by atoms with Gasteiger partial charge < -0.3 is 13.7 Å². The third-order valence-corrected chi connectivity index (χ3v) is 8.68. The number of hydrogen-bond donors (Lipinski definition) is 0. The molecular weight excluding hydrogens is 552 g/mol. The van der Waals surface area contributed by atoms with Crippen molar-refractivity contribution < 1.29 is 8.83 Å². The molecule has 0 spiro atoms. The van der Waals surface area contributed by atoms with Crippen molar-refractivity contribution in [1.29, 1.82) is 5.26 Å². The van der Waals surface area contributed by atoms with Gasteiger partial charge in [-0.3, -0.25) is 0 Å². The minimum atomic E-state index is 0.665. The molecule has 0 bridgehead atoms. The van der Waals surface area contributed by atoms with E-state index in [1.54, 1.807) is 0 Å². The van der Waals surface area contributed by atoms with E-state index in [-0.39, 0.29) is 0 Å². The third kappa shape index (κ3) is 3.99. The van der Waals surface area contributed by atoms with Crippen molar-refractivity contribution in [2.24, 2.45) is 0 Å². The number of furan rings is 2. The molecule has 0 atom stereocenters. The number of para-hydroxylation sites is 4. The average molecular weight is 577 g/mol. The van der Waals surface area contributed by atoms with Crippen molar-refractivity contribution in [3.8, 4) is 17.2 Å². The van der Waals surface area contributed by atoms with E-state index in [1.807, 2.05) is 54.6 Å². The van der Waals surface area contributed by atoms with Gasteiger partial charge in [0.05, 0.1) is 23.0 Å². The van der Waals surface area contributed by atoms with Crippen LogP contribution in [0.3, 0.4) is 0 Å². The summed E-state index contributed by atoms with van der Waals surface area (Å²) in [6.45, 7) is 0. The fraction of sp³-hybridized carbons (Fsp3) is 0. The van der Waals surface area contributed by atoms with Crippen LogP contribution in [0, 0.1) is 11.3 Å². The first-order valence-corrected chi connectivity index (χ1v) is 14.9. The summed E-state index contributed by atoms with van der Waals surface area (Å²) in [5, 5.41) is 15.8. The second kappa shape index (κ2) is 9.87. The van der Waals surface area contributed by atoms with E-state index in [4.69, 9.17) is 8.83 Å². The number of nitrogens with zero attached hydrogens (tertiary/aromatic N) is 2. The SMILES string of the molecule is N#Cc1ccc2cc(-c3ccc(N(c4cccc5c4oc4ccccc45)c4cccc5c4oc4ccccc45)cc3)ccc2c1. The van der Waals surface area contributed by atoms with Gasteiger partial charge >= 0.3 is 0 Å². The van der Waals surface area contributed by atoms with E-state index in [0.717, 1.165) is 82.8 Å². The number of rotatable bonds is 4. The predicted octanol–water partition coefficient (Wildman–Crippen LogP) is 11.6. The highest BCUT2D eigenvalue weighted by atomic mass is 16.3. The van der Waals surface area contributed by atoms with Crippen LogP contribution in [-0.4, -0.2) is 0 Å². The van der Waals surface area contributed by atoms with Crippen molar-refractivity contribution in [3.63, 3.8) is 0 Å². The first-order chi connectivity index (χ1) is 22.2. The highest BCUT2D eigenvalue weighted by Crippen LogP contribution is 2.46. The summed E-state index contributed by atoms with van der Waals surface area (Å²) in [6.07, 6.45) is 0. The molecule has 0 N–H and O–H groups in total. The van der Waals surface area contributed by atoms with Gasteiger partial charge in [0.1, 0.15) is 11.2 Å². The molecule has 210 valence electrons. The van der Waals surface area contributed by atoms with Crippen LogP contribution < -0.4 is 4.90 Å². The zero-order valence-electron chi connectivity index (χ0n) is 24.1. The largest absolute Gasteiger partial charge is 0.454 e. The molecule has 7 aromatic carbocycles. The zero-order valence-corrected chi connectivity index (χ0v) is 24.1. The fourth-order valence-electron chi connectivity index (χ4n) is 6.52. The second-order valence-corrected chi connectivity index (χ2v) is 11.3. The number of fused-ring (bicyclic) bond motifs is 7. The van der Waals surface area contributed by atoms with Crippen LogP contribution in [0.2, 0.25) is 0 Å². The summed E-state index contributed by atoms with van der Waals surface area (Å²) >= 11 is 0. The molecule has 0 aliphatic heterocycles. The van der Waals surface area contributed by atoms with Crippen LogP contribution in [0.25, 0.3) is 65.8 Å². The van der Waals surface area contributed by atoms with Crippen molar-refractivity contribution in [1.82, 2.24) is 0 Å². The monoisotopic (exact) mass is 576 g/mol. The van der Waals surface area contributed by atoms with Crippen molar-refractivity contribution in [3.05, 3.63) is 151 Å². The standard InChI is InChI=1S/C41H24N2O2/c42-25-26-15-16-30-24-29(18-17-28(30)23-26)27-19-21-31(22-20-27)43(36-11-5-9-34-32-7-1-3-13-38(32)44-40(34)36)37-12-6-10-35-33-8-2-4-14-39(33)45-41(35)37/h1-24H. The van der Waals surface area contributed by atoms with E-state index >= 15 is 0 Å². The van der Waals surface area contributed by atoms with Crippen LogP contribution in [0.1, 0.15) is 5.56 Å². The summed E-state index contributed by atoms with van der Waals surface area (Å²) in [6, 6.07) is 52.0. The Balaban J connectivity index is 1.24. The molecule has 45 heavy (non-hydrogen) atoms. The highest BCUT2D eigenvalue weighted by Gasteiger charge is 2.23. The molecule has 9 aromatic rings. The summed E-state index contributed by atoms with van der Waals surface area (Å²) in [5.74, 6) is 0. The van der Waals surface area contributed by atoms with Gasteiger partial charge in [-0.05, 0) is 76.5 Å². The van der Waals surface area contributed by atoms with Crippen LogP contribution in [0.4, 0.5) is 17.1 Å². The van der Waals surface area contributed by atoms with Gasteiger partial charge in [0.2, 0.25) is 0 Å². The smallest absolute Gasteiger partial charge is 0.159 e. The van der Waals surface area contributed by atoms with E-state index in [2.05, 4.69) is 102 Å². The summed E-state index contributed by atoms with van der Waals surface area (Å²) in [7, 11) is 0. The summed E-state index contributed by atoms with van der Waals surface area (Å²) in [4.78, 5) is 2.24. The van der Waals surface area contributed by atoms with Crippen molar-refractivity contribution >= 4 is 71.7 Å². The zero-order chi connectivity index (χ0) is 29.9. The Morgan fingerprint density at radius 3 is 1.62 bits per heavy atom. The Labute approximate surface area is 258 Å². The maximum atomic E-state index is 9.29. The fourth-order valence-corrected chi connectivity index (χ4v) is 6.52. The lowest BCUT2D eigenvalue weighted by Crippen LogP contribution is -2.10. The average Bonchev–Trinajstić information content (AvgIpc) is 3.68. The molecule has 0 fully saturated rings. The molecule has 0 saturated carbocycles. The molecule has 9 rings (SSSR count). The summed E-state index contributed by atoms with van der Waals surface area (Å²) in [5.41, 5.74) is 9.09. The highest BCUT2D eigenvalue weighted by molar-refractivity contribution is 6.13. The number of anilines is 3. The lowest BCUT2D eigenvalue weighted by Gasteiger charge is -2.25. The topological polar surface area (TPSA) is 53.3 Å². The van der Waals surface area contributed by atoms with Gasteiger partial charge in [0.15, 0.2) is 11.2 Å². The molecule has 2 heterocycles.